The molecular formula is C12H13BrN2O2. The van der Waals surface area contributed by atoms with Crippen LogP contribution in [0.5, 0.6) is 5.75 Å². The topological polar surface area (TPSA) is 61.3 Å². The Morgan fingerprint density at radius 3 is 2.59 bits per heavy atom. The number of anilines is 1. The van der Waals surface area contributed by atoms with Gasteiger partial charge in [0.1, 0.15) is 5.75 Å². The van der Waals surface area contributed by atoms with Gasteiger partial charge >= 0.3 is 0 Å². The maximum Gasteiger partial charge on any atom is 0.173 e. The first-order chi connectivity index (χ1) is 8.04. The molecule has 0 bridgehead atoms. The molecular weight excluding hydrogens is 284 g/mol. The van der Waals surface area contributed by atoms with Crippen LogP contribution in [-0.2, 0) is 0 Å². The van der Waals surface area contributed by atoms with E-state index in [1.54, 1.807) is 13.2 Å². The van der Waals surface area contributed by atoms with E-state index in [9.17, 15) is 0 Å². The molecule has 0 aliphatic carbocycles. The van der Waals surface area contributed by atoms with E-state index in [1.165, 1.54) is 0 Å². The second-order valence-electron chi connectivity index (χ2n) is 3.82. The minimum atomic E-state index is 0.363. The molecule has 2 rings (SSSR count). The lowest BCUT2D eigenvalue weighted by Crippen LogP contribution is -1.94. The predicted molar refractivity (Wildman–Crippen MR) is 70.1 cm³/mol. The Hall–Kier alpha value is -1.49. The molecule has 1 aromatic carbocycles. The van der Waals surface area contributed by atoms with Crippen LogP contribution in [0.1, 0.15) is 11.1 Å². The standard InChI is InChI=1S/C12H13BrN2O2/c1-6-4-8(13)7(2)12(16-3)11(6)9-5-10(14)15-17-9/h4-5H,1-3H3,(H2,14,15). The molecule has 17 heavy (non-hydrogen) atoms. The van der Waals surface area contributed by atoms with E-state index >= 15 is 0 Å². The molecule has 4 nitrogen and oxygen atoms in total. The van der Waals surface area contributed by atoms with Crippen LogP contribution in [-0.4, -0.2) is 12.3 Å². The summed E-state index contributed by atoms with van der Waals surface area (Å²) < 4.78 is 11.6. The Morgan fingerprint density at radius 1 is 1.35 bits per heavy atom. The van der Waals surface area contributed by atoms with Gasteiger partial charge in [0.15, 0.2) is 11.6 Å². The van der Waals surface area contributed by atoms with E-state index in [-0.39, 0.29) is 0 Å². The molecule has 0 aliphatic heterocycles. The van der Waals surface area contributed by atoms with Crippen LogP contribution >= 0.6 is 15.9 Å². The number of nitrogen functional groups attached to an aromatic ring is 1. The Bertz CT molecular complexity index is 564. The number of nitrogens with two attached hydrogens (primary N) is 1. The van der Waals surface area contributed by atoms with Crippen molar-refractivity contribution in [3.8, 4) is 17.1 Å². The maximum absolute atomic E-state index is 5.57. The Labute approximate surface area is 108 Å². The minimum absolute atomic E-state index is 0.363. The molecule has 0 aliphatic rings. The number of hydrogen-bond donors (Lipinski definition) is 1. The lowest BCUT2D eigenvalue weighted by molar-refractivity contribution is 0.404. The summed E-state index contributed by atoms with van der Waals surface area (Å²) in [7, 11) is 1.64. The zero-order chi connectivity index (χ0) is 12.6. The van der Waals surface area contributed by atoms with Crippen molar-refractivity contribution in [1.29, 1.82) is 0 Å². The van der Waals surface area contributed by atoms with Crippen molar-refractivity contribution in [1.82, 2.24) is 5.16 Å². The molecule has 0 unspecified atom stereocenters. The molecule has 2 aromatic rings. The van der Waals surface area contributed by atoms with Crippen LogP contribution in [0.4, 0.5) is 5.82 Å². The van der Waals surface area contributed by atoms with Gasteiger partial charge in [-0.05, 0) is 25.5 Å². The number of rotatable bonds is 2. The van der Waals surface area contributed by atoms with Crippen LogP contribution in [0.25, 0.3) is 11.3 Å². The van der Waals surface area contributed by atoms with Crippen LogP contribution < -0.4 is 10.5 Å². The van der Waals surface area contributed by atoms with Gasteiger partial charge in [-0.1, -0.05) is 21.1 Å². The first-order valence-electron chi connectivity index (χ1n) is 5.11. The van der Waals surface area contributed by atoms with Gasteiger partial charge < -0.3 is 15.0 Å². The average Bonchev–Trinajstić information content (AvgIpc) is 2.69. The van der Waals surface area contributed by atoms with Crippen molar-refractivity contribution in [3.05, 3.63) is 27.7 Å². The second kappa shape index (κ2) is 4.41. The molecule has 5 heteroatoms. The molecule has 1 heterocycles. The van der Waals surface area contributed by atoms with Gasteiger partial charge in [-0.15, -0.1) is 0 Å². The second-order valence-corrected chi connectivity index (χ2v) is 4.68. The molecule has 0 amide bonds. The Balaban J connectivity index is 2.72. The summed E-state index contributed by atoms with van der Waals surface area (Å²) in [6.45, 7) is 3.96. The van der Waals surface area contributed by atoms with Gasteiger partial charge in [-0.2, -0.15) is 0 Å². The van der Waals surface area contributed by atoms with E-state index in [1.807, 2.05) is 19.9 Å². The van der Waals surface area contributed by atoms with Crippen molar-refractivity contribution in [3.63, 3.8) is 0 Å². The van der Waals surface area contributed by atoms with Crippen LogP contribution in [0.3, 0.4) is 0 Å². The molecule has 0 atom stereocenters. The van der Waals surface area contributed by atoms with E-state index in [0.29, 0.717) is 11.6 Å². The number of aryl methyl sites for hydroxylation is 1. The summed E-state index contributed by atoms with van der Waals surface area (Å²) in [5.41, 5.74) is 8.51. The number of hydrogen-bond acceptors (Lipinski definition) is 4. The lowest BCUT2D eigenvalue weighted by atomic mass is 10.0. The first kappa shape index (κ1) is 12.0. The molecule has 0 saturated carbocycles. The van der Waals surface area contributed by atoms with Crippen molar-refractivity contribution < 1.29 is 9.26 Å². The van der Waals surface area contributed by atoms with E-state index in [0.717, 1.165) is 26.9 Å². The third-order valence-electron chi connectivity index (χ3n) is 2.64. The maximum atomic E-state index is 5.57. The van der Waals surface area contributed by atoms with Gasteiger partial charge in [0.05, 0.1) is 12.7 Å². The molecule has 2 N–H and O–H groups in total. The summed E-state index contributed by atoms with van der Waals surface area (Å²) >= 11 is 3.50. The number of nitrogens with zero attached hydrogens (tertiary/aromatic N) is 1. The highest BCUT2D eigenvalue weighted by atomic mass is 79.9. The van der Waals surface area contributed by atoms with Gasteiger partial charge in [0.25, 0.3) is 0 Å². The molecule has 0 spiro atoms. The summed E-state index contributed by atoms with van der Waals surface area (Å²) in [6, 6.07) is 3.71. The average molecular weight is 297 g/mol. The largest absolute Gasteiger partial charge is 0.496 e. The Morgan fingerprint density at radius 2 is 2.06 bits per heavy atom. The molecule has 0 fully saturated rings. The third-order valence-corrected chi connectivity index (χ3v) is 3.47. The zero-order valence-corrected chi connectivity index (χ0v) is 11.5. The predicted octanol–water partition coefficient (Wildman–Crippen LogP) is 3.31. The highest BCUT2D eigenvalue weighted by Gasteiger charge is 2.18. The van der Waals surface area contributed by atoms with Crippen molar-refractivity contribution in [2.45, 2.75) is 13.8 Å². The van der Waals surface area contributed by atoms with Gasteiger partial charge in [0, 0.05) is 16.1 Å². The van der Waals surface area contributed by atoms with E-state index in [4.69, 9.17) is 15.0 Å². The summed E-state index contributed by atoms with van der Waals surface area (Å²) in [6.07, 6.45) is 0. The van der Waals surface area contributed by atoms with E-state index in [2.05, 4.69) is 21.1 Å². The monoisotopic (exact) mass is 296 g/mol. The molecule has 0 radical (unpaired) electrons. The van der Waals surface area contributed by atoms with Crippen molar-refractivity contribution >= 4 is 21.7 Å². The van der Waals surface area contributed by atoms with Gasteiger partial charge in [-0.3, -0.25) is 0 Å². The lowest BCUT2D eigenvalue weighted by Gasteiger charge is -2.13. The van der Waals surface area contributed by atoms with Crippen molar-refractivity contribution in [2.75, 3.05) is 12.8 Å². The first-order valence-corrected chi connectivity index (χ1v) is 5.90. The van der Waals surface area contributed by atoms with Crippen molar-refractivity contribution in [2.24, 2.45) is 0 Å². The number of ether oxygens (including phenoxy) is 1. The minimum Gasteiger partial charge on any atom is -0.496 e. The number of benzene rings is 1. The van der Waals surface area contributed by atoms with Crippen LogP contribution in [0, 0.1) is 13.8 Å². The van der Waals surface area contributed by atoms with Crippen LogP contribution in [0.15, 0.2) is 21.1 Å². The fourth-order valence-electron chi connectivity index (χ4n) is 1.81. The smallest absolute Gasteiger partial charge is 0.173 e. The van der Waals surface area contributed by atoms with Gasteiger partial charge in [-0.25, -0.2) is 0 Å². The summed E-state index contributed by atoms with van der Waals surface area (Å²) in [5.74, 6) is 1.75. The molecule has 90 valence electrons. The van der Waals surface area contributed by atoms with Gasteiger partial charge in [0.2, 0.25) is 0 Å². The number of methoxy groups -OCH3 is 1. The zero-order valence-electron chi connectivity index (χ0n) is 9.87. The fourth-order valence-corrected chi connectivity index (χ4v) is 2.34. The quantitative estimate of drug-likeness (QED) is 0.923. The number of halogens is 1. The van der Waals surface area contributed by atoms with E-state index < -0.39 is 0 Å². The normalized spacial score (nSPS) is 10.6. The summed E-state index contributed by atoms with van der Waals surface area (Å²) in [4.78, 5) is 0. The van der Waals surface area contributed by atoms with Crippen LogP contribution in [0.2, 0.25) is 0 Å². The number of aromatic nitrogens is 1. The third kappa shape index (κ3) is 2.02. The highest BCUT2D eigenvalue weighted by Crippen LogP contribution is 2.39. The Kier molecular flexibility index (Phi) is 3.11. The SMILES string of the molecule is COc1c(C)c(Br)cc(C)c1-c1cc(N)no1. The fraction of sp³-hybridized carbons (Fsp3) is 0.250. The summed E-state index contributed by atoms with van der Waals surface area (Å²) in [5, 5.41) is 3.70. The molecule has 0 saturated heterocycles. The highest BCUT2D eigenvalue weighted by molar-refractivity contribution is 9.10. The molecule has 1 aromatic heterocycles.